The Hall–Kier alpha value is -0.240. The number of hydrogen-bond acceptors (Lipinski definition) is 4. The van der Waals surface area contributed by atoms with Gasteiger partial charge in [-0.05, 0) is 19.2 Å². The topological polar surface area (TPSA) is 56.0 Å². The first-order chi connectivity index (χ1) is 5.35. The summed E-state index contributed by atoms with van der Waals surface area (Å²) < 4.78 is 0. The fraction of sp³-hybridized carbons (Fsp3) is 0.857. The smallest absolute Gasteiger partial charge is 0.104 e. The largest absolute Gasteiger partial charge is 0.396 e. The van der Waals surface area contributed by atoms with Crippen LogP contribution < -0.4 is 5.32 Å². The van der Waals surface area contributed by atoms with Gasteiger partial charge in [0, 0.05) is 12.4 Å². The number of rotatable bonds is 6. The lowest BCUT2D eigenvalue weighted by molar-refractivity contribution is 0.296. The van der Waals surface area contributed by atoms with Crippen LogP contribution >= 0.6 is 11.8 Å². The summed E-state index contributed by atoms with van der Waals surface area (Å²) in [6.45, 7) is 0.240. The first kappa shape index (κ1) is 10.8. The van der Waals surface area contributed by atoms with E-state index in [-0.39, 0.29) is 12.6 Å². The predicted molar refractivity (Wildman–Crippen MR) is 47.5 cm³/mol. The minimum Gasteiger partial charge on any atom is -0.396 e. The molecule has 0 aliphatic rings. The third kappa shape index (κ3) is 6.17. The molecule has 0 saturated heterocycles. The van der Waals surface area contributed by atoms with E-state index in [1.54, 1.807) is 18.8 Å². The fourth-order valence-electron chi connectivity index (χ4n) is 0.553. The van der Waals surface area contributed by atoms with Crippen molar-refractivity contribution in [2.45, 2.75) is 12.5 Å². The van der Waals surface area contributed by atoms with Crippen molar-refractivity contribution < 1.29 is 5.11 Å². The molecule has 0 aliphatic heterocycles. The number of thioether (sulfide) groups is 1. The molecule has 64 valence electrons. The maximum absolute atomic E-state index is 8.51. The first-order valence-electron chi connectivity index (χ1n) is 3.60. The molecule has 1 atom stereocenters. The van der Waals surface area contributed by atoms with Crippen LogP contribution in [0.1, 0.15) is 6.42 Å². The molecule has 0 bridgehead atoms. The highest BCUT2D eigenvalue weighted by Gasteiger charge is 2.01. The summed E-state index contributed by atoms with van der Waals surface area (Å²) in [6, 6.07) is 2.08. The van der Waals surface area contributed by atoms with Crippen molar-refractivity contribution in [3.05, 3.63) is 0 Å². The maximum Gasteiger partial charge on any atom is 0.104 e. The van der Waals surface area contributed by atoms with Crippen LogP contribution in [0.25, 0.3) is 0 Å². The van der Waals surface area contributed by atoms with Crippen molar-refractivity contribution in [3.63, 3.8) is 0 Å². The summed E-state index contributed by atoms with van der Waals surface area (Å²) in [5.41, 5.74) is 0. The van der Waals surface area contributed by atoms with Crippen molar-refractivity contribution in [2.75, 3.05) is 25.2 Å². The Morgan fingerprint density at radius 1 is 1.73 bits per heavy atom. The normalized spacial score (nSPS) is 12.5. The zero-order valence-electron chi connectivity index (χ0n) is 6.71. The molecule has 0 aliphatic carbocycles. The second kappa shape index (κ2) is 7.86. The van der Waals surface area contributed by atoms with E-state index >= 15 is 0 Å². The van der Waals surface area contributed by atoms with E-state index in [0.29, 0.717) is 0 Å². The molecule has 0 heterocycles. The van der Waals surface area contributed by atoms with Crippen LogP contribution in [-0.2, 0) is 0 Å². The number of nitrogens with zero attached hydrogens (tertiary/aromatic N) is 1. The first-order valence-corrected chi connectivity index (χ1v) is 4.76. The molecule has 4 heteroatoms. The molecule has 1 unspecified atom stereocenters. The molecular weight excluding hydrogens is 160 g/mol. The standard InChI is InChI=1S/C7H14N2OS/c1-9-7(5-8)6-11-4-2-3-10/h7,9-10H,2-4,6H2,1H3. The summed E-state index contributed by atoms with van der Waals surface area (Å²) in [4.78, 5) is 0. The van der Waals surface area contributed by atoms with E-state index in [0.717, 1.165) is 17.9 Å². The summed E-state index contributed by atoms with van der Waals surface area (Å²) in [6.07, 6.45) is 0.812. The third-order valence-corrected chi connectivity index (χ3v) is 2.38. The molecule has 11 heavy (non-hydrogen) atoms. The van der Waals surface area contributed by atoms with Crippen LogP contribution in [0, 0.1) is 11.3 Å². The summed E-state index contributed by atoms with van der Waals surface area (Å²) in [7, 11) is 1.78. The number of aliphatic hydroxyl groups is 1. The number of nitrogens with one attached hydrogen (secondary N) is 1. The molecule has 0 fully saturated rings. The van der Waals surface area contributed by atoms with E-state index in [1.807, 2.05) is 0 Å². The molecule has 2 N–H and O–H groups in total. The van der Waals surface area contributed by atoms with Gasteiger partial charge in [-0.1, -0.05) is 0 Å². The molecular formula is C7H14N2OS. The molecule has 0 amide bonds. The van der Waals surface area contributed by atoms with Gasteiger partial charge < -0.3 is 10.4 Å². The van der Waals surface area contributed by atoms with Gasteiger partial charge in [0.15, 0.2) is 0 Å². The second-order valence-electron chi connectivity index (χ2n) is 2.12. The minimum absolute atomic E-state index is 0.0568. The number of aliphatic hydroxyl groups excluding tert-OH is 1. The molecule has 0 rings (SSSR count). The maximum atomic E-state index is 8.51. The van der Waals surface area contributed by atoms with Gasteiger partial charge >= 0.3 is 0 Å². The van der Waals surface area contributed by atoms with Gasteiger partial charge in [0.25, 0.3) is 0 Å². The highest BCUT2D eigenvalue weighted by molar-refractivity contribution is 7.99. The molecule has 0 aromatic carbocycles. The average molecular weight is 174 g/mol. The Labute approximate surface area is 71.8 Å². The van der Waals surface area contributed by atoms with Gasteiger partial charge in [-0.25, -0.2) is 0 Å². The monoisotopic (exact) mass is 174 g/mol. The lowest BCUT2D eigenvalue weighted by Gasteiger charge is -2.05. The molecule has 3 nitrogen and oxygen atoms in total. The Bertz CT molecular complexity index is 124. The molecule has 0 aromatic heterocycles. The van der Waals surface area contributed by atoms with Crippen molar-refractivity contribution in [2.24, 2.45) is 0 Å². The Balaban J connectivity index is 3.16. The summed E-state index contributed by atoms with van der Waals surface area (Å²) >= 11 is 1.69. The van der Waals surface area contributed by atoms with Gasteiger partial charge in [0.2, 0.25) is 0 Å². The SMILES string of the molecule is CNC(C#N)CSCCCO. The fourth-order valence-corrected chi connectivity index (χ4v) is 1.53. The molecule has 0 radical (unpaired) electrons. The predicted octanol–water partition coefficient (Wildman–Crippen LogP) is 0.214. The van der Waals surface area contributed by atoms with Gasteiger partial charge in [-0.3, -0.25) is 0 Å². The Morgan fingerprint density at radius 3 is 2.91 bits per heavy atom. The van der Waals surface area contributed by atoms with Gasteiger partial charge in [-0.2, -0.15) is 17.0 Å². The molecule has 0 spiro atoms. The zero-order chi connectivity index (χ0) is 8.53. The van der Waals surface area contributed by atoms with Crippen LogP contribution in [0.3, 0.4) is 0 Å². The van der Waals surface area contributed by atoms with Crippen molar-refractivity contribution in [3.8, 4) is 6.07 Å². The van der Waals surface area contributed by atoms with Crippen LogP contribution in [-0.4, -0.2) is 36.3 Å². The van der Waals surface area contributed by atoms with Gasteiger partial charge in [-0.15, -0.1) is 0 Å². The van der Waals surface area contributed by atoms with Gasteiger partial charge in [0.05, 0.1) is 6.07 Å². The van der Waals surface area contributed by atoms with Crippen molar-refractivity contribution >= 4 is 11.8 Å². The highest BCUT2D eigenvalue weighted by atomic mass is 32.2. The van der Waals surface area contributed by atoms with E-state index in [1.165, 1.54) is 0 Å². The number of hydrogen-bond donors (Lipinski definition) is 2. The van der Waals surface area contributed by atoms with Crippen LogP contribution in [0.4, 0.5) is 0 Å². The van der Waals surface area contributed by atoms with Crippen LogP contribution in [0.2, 0.25) is 0 Å². The minimum atomic E-state index is -0.0568. The lowest BCUT2D eigenvalue weighted by atomic mass is 10.4. The van der Waals surface area contributed by atoms with E-state index in [9.17, 15) is 0 Å². The summed E-state index contributed by atoms with van der Waals surface area (Å²) in [5.74, 6) is 1.73. The second-order valence-corrected chi connectivity index (χ2v) is 3.27. The molecule has 0 aromatic rings. The van der Waals surface area contributed by atoms with Crippen molar-refractivity contribution in [1.29, 1.82) is 5.26 Å². The quantitative estimate of drug-likeness (QED) is 0.565. The Kier molecular flexibility index (Phi) is 7.69. The van der Waals surface area contributed by atoms with Crippen molar-refractivity contribution in [1.82, 2.24) is 5.32 Å². The highest BCUT2D eigenvalue weighted by Crippen LogP contribution is 2.03. The van der Waals surface area contributed by atoms with Gasteiger partial charge in [0.1, 0.15) is 6.04 Å². The van der Waals surface area contributed by atoms with Crippen LogP contribution in [0.15, 0.2) is 0 Å². The zero-order valence-corrected chi connectivity index (χ0v) is 7.52. The van der Waals surface area contributed by atoms with E-state index in [2.05, 4.69) is 11.4 Å². The number of nitriles is 1. The van der Waals surface area contributed by atoms with Crippen LogP contribution in [0.5, 0.6) is 0 Å². The van der Waals surface area contributed by atoms with E-state index in [4.69, 9.17) is 10.4 Å². The molecule has 0 saturated carbocycles. The lowest BCUT2D eigenvalue weighted by Crippen LogP contribution is -2.25. The summed E-state index contributed by atoms with van der Waals surface area (Å²) in [5, 5.41) is 19.8. The third-order valence-electron chi connectivity index (χ3n) is 1.24. The average Bonchev–Trinajstić information content (AvgIpc) is 2.05. The van der Waals surface area contributed by atoms with E-state index < -0.39 is 0 Å². The Morgan fingerprint density at radius 2 is 2.45 bits per heavy atom.